The Bertz CT molecular complexity index is 727. The number of benzene rings is 1. The highest BCUT2D eigenvalue weighted by atomic mass is 79.9. The van der Waals surface area contributed by atoms with Gasteiger partial charge in [-0.05, 0) is 59.3 Å². The third-order valence-electron chi connectivity index (χ3n) is 3.79. The number of carbonyl (C=O) groups is 1. The summed E-state index contributed by atoms with van der Waals surface area (Å²) in [6.45, 7) is 0.437. The zero-order valence-electron chi connectivity index (χ0n) is 11.8. The number of nitrogens with one attached hydrogen (secondary N) is 2. The van der Waals surface area contributed by atoms with E-state index in [2.05, 4.69) is 26.1 Å². The lowest BCUT2D eigenvalue weighted by atomic mass is 9.98. The largest absolute Gasteiger partial charge is 0.350 e. The van der Waals surface area contributed by atoms with Gasteiger partial charge in [0.25, 0.3) is 10.0 Å². The number of amides is 2. The minimum atomic E-state index is -3.91. The van der Waals surface area contributed by atoms with E-state index in [4.69, 9.17) is 0 Å². The summed E-state index contributed by atoms with van der Waals surface area (Å²) in [5, 5.41) is 1.32. The highest BCUT2D eigenvalue weighted by molar-refractivity contribution is 9.10. The van der Waals surface area contributed by atoms with E-state index < -0.39 is 16.1 Å². The maximum atomic E-state index is 12.3. The molecule has 0 atom stereocenters. The smallest absolute Gasteiger partial charge is 0.298 e. The number of urea groups is 1. The van der Waals surface area contributed by atoms with Crippen LogP contribution in [0.4, 0.5) is 4.79 Å². The summed E-state index contributed by atoms with van der Waals surface area (Å²) in [6.07, 6.45) is 4.08. The van der Waals surface area contributed by atoms with Crippen LogP contribution in [0.5, 0.6) is 0 Å². The summed E-state index contributed by atoms with van der Waals surface area (Å²) in [7, 11) is -3.91. The van der Waals surface area contributed by atoms with Gasteiger partial charge in [-0.3, -0.25) is 5.43 Å². The van der Waals surface area contributed by atoms with Crippen LogP contribution in [0.1, 0.15) is 25.7 Å². The van der Waals surface area contributed by atoms with Crippen LogP contribution in [0.3, 0.4) is 0 Å². The predicted molar refractivity (Wildman–Crippen MR) is 85.2 cm³/mol. The molecule has 2 amide bonds. The number of nitrogens with zero attached hydrogens (tertiary/aromatic N) is 1. The lowest BCUT2D eigenvalue weighted by Gasteiger charge is -2.19. The van der Waals surface area contributed by atoms with Crippen molar-refractivity contribution in [2.24, 2.45) is 0 Å². The van der Waals surface area contributed by atoms with E-state index in [0.29, 0.717) is 11.0 Å². The number of rotatable bonds is 2. The van der Waals surface area contributed by atoms with Gasteiger partial charge in [-0.15, -0.1) is 0 Å². The first-order chi connectivity index (χ1) is 10.5. The van der Waals surface area contributed by atoms with Gasteiger partial charge in [0.1, 0.15) is 4.90 Å². The number of allylic oxidation sites excluding steroid dienone is 1. The number of carbonyl (C=O) groups excluding carboxylic acids is 1. The minimum absolute atomic E-state index is 0.0419. The molecule has 22 heavy (non-hydrogen) atoms. The second-order valence-corrected chi connectivity index (χ2v) is 7.83. The Morgan fingerprint density at radius 3 is 2.68 bits per heavy atom. The van der Waals surface area contributed by atoms with Gasteiger partial charge in [-0.2, -0.15) is 0 Å². The molecule has 3 rings (SSSR count). The lowest BCUT2D eigenvalue weighted by Crippen LogP contribution is -2.46. The van der Waals surface area contributed by atoms with Crippen molar-refractivity contribution in [2.75, 3.05) is 6.54 Å². The van der Waals surface area contributed by atoms with Crippen LogP contribution >= 0.6 is 15.9 Å². The van der Waals surface area contributed by atoms with Crippen LogP contribution in [0.15, 0.2) is 44.9 Å². The lowest BCUT2D eigenvalue weighted by molar-refractivity contribution is 0.198. The quantitative estimate of drug-likeness (QED) is 0.819. The van der Waals surface area contributed by atoms with Gasteiger partial charge in [-0.1, -0.05) is 12.1 Å². The number of hydrazine groups is 1. The first-order valence-electron chi connectivity index (χ1n) is 7.04. The Balaban J connectivity index is 1.71. The fraction of sp³-hybridized carbons (Fsp3) is 0.357. The molecular formula is C14H16BrN3O3S. The molecule has 1 aromatic carbocycles. The van der Waals surface area contributed by atoms with E-state index in [9.17, 15) is 13.2 Å². The van der Waals surface area contributed by atoms with Crippen molar-refractivity contribution in [3.05, 3.63) is 40.0 Å². The van der Waals surface area contributed by atoms with E-state index in [1.54, 1.807) is 18.2 Å². The highest BCUT2D eigenvalue weighted by Gasteiger charge is 2.30. The topological polar surface area (TPSA) is 78.5 Å². The van der Waals surface area contributed by atoms with Crippen molar-refractivity contribution in [3.63, 3.8) is 0 Å². The van der Waals surface area contributed by atoms with Gasteiger partial charge in [-0.25, -0.2) is 22.9 Å². The Morgan fingerprint density at radius 2 is 1.95 bits per heavy atom. The molecule has 0 bridgehead atoms. The molecule has 0 saturated heterocycles. The Kier molecular flexibility index (Phi) is 4.14. The molecule has 1 aromatic rings. The number of halogens is 1. The van der Waals surface area contributed by atoms with Gasteiger partial charge < -0.3 is 0 Å². The molecule has 1 aliphatic heterocycles. The zero-order valence-corrected chi connectivity index (χ0v) is 14.2. The van der Waals surface area contributed by atoms with E-state index in [1.165, 1.54) is 16.6 Å². The van der Waals surface area contributed by atoms with Crippen LogP contribution in [0.25, 0.3) is 0 Å². The number of sulfonamides is 1. The number of hydrogen-bond donors (Lipinski definition) is 2. The standard InChI is InChI=1S/C14H16BrN3O3S/c15-11-6-2-4-8-13(11)22(20,21)17-14(19)18-9-10-5-1-3-7-12(10)16-18/h2,4,6,8,16H,1,3,5,7,9H2,(H,17,19). The molecule has 6 nitrogen and oxygen atoms in total. The molecule has 0 fully saturated rings. The molecular weight excluding hydrogens is 370 g/mol. The van der Waals surface area contributed by atoms with Gasteiger partial charge in [0.05, 0.1) is 6.54 Å². The predicted octanol–water partition coefficient (Wildman–Crippen LogP) is 2.50. The summed E-state index contributed by atoms with van der Waals surface area (Å²) in [6, 6.07) is 5.72. The average molecular weight is 386 g/mol. The van der Waals surface area contributed by atoms with Gasteiger partial charge in [0, 0.05) is 10.2 Å². The molecule has 2 aliphatic rings. The SMILES string of the molecule is O=C(NS(=O)(=O)c1ccccc1Br)N1CC2=C(CCCC2)N1. The van der Waals surface area contributed by atoms with Crippen LogP contribution in [-0.4, -0.2) is 26.0 Å². The minimum Gasteiger partial charge on any atom is -0.298 e. The summed E-state index contributed by atoms with van der Waals surface area (Å²) < 4.78 is 27.1. The van der Waals surface area contributed by atoms with E-state index in [0.717, 1.165) is 31.4 Å². The molecule has 0 spiro atoms. The molecule has 0 radical (unpaired) electrons. The fourth-order valence-electron chi connectivity index (χ4n) is 2.68. The Morgan fingerprint density at radius 1 is 1.23 bits per heavy atom. The molecule has 118 valence electrons. The number of hydrogen-bond acceptors (Lipinski definition) is 4. The molecule has 1 aliphatic carbocycles. The normalized spacial score (nSPS) is 18.0. The maximum Gasteiger partial charge on any atom is 0.350 e. The first-order valence-corrected chi connectivity index (χ1v) is 9.31. The van der Waals surface area contributed by atoms with Crippen LogP contribution in [-0.2, 0) is 10.0 Å². The van der Waals surface area contributed by atoms with Gasteiger partial charge >= 0.3 is 6.03 Å². The van der Waals surface area contributed by atoms with Crippen molar-refractivity contribution in [3.8, 4) is 0 Å². The summed E-state index contributed by atoms with van der Waals surface area (Å²) in [5.74, 6) is 0. The van der Waals surface area contributed by atoms with Gasteiger partial charge in [0.2, 0.25) is 0 Å². The summed E-state index contributed by atoms with van der Waals surface area (Å²) >= 11 is 3.19. The van der Waals surface area contributed by atoms with Crippen molar-refractivity contribution in [1.29, 1.82) is 0 Å². The molecule has 1 heterocycles. The third-order valence-corrected chi connectivity index (χ3v) is 6.13. The second kappa shape index (κ2) is 5.92. The molecule has 0 unspecified atom stereocenters. The molecule has 8 heteroatoms. The van der Waals surface area contributed by atoms with Gasteiger partial charge in [0.15, 0.2) is 0 Å². The van der Waals surface area contributed by atoms with Crippen LogP contribution in [0, 0.1) is 0 Å². The van der Waals surface area contributed by atoms with Crippen LogP contribution < -0.4 is 10.1 Å². The van der Waals surface area contributed by atoms with E-state index in [-0.39, 0.29) is 4.90 Å². The zero-order chi connectivity index (χ0) is 15.7. The molecule has 0 saturated carbocycles. The maximum absolute atomic E-state index is 12.3. The van der Waals surface area contributed by atoms with Crippen molar-refractivity contribution in [1.82, 2.24) is 15.2 Å². The molecule has 0 aromatic heterocycles. The monoisotopic (exact) mass is 385 g/mol. The van der Waals surface area contributed by atoms with Crippen molar-refractivity contribution >= 4 is 32.0 Å². The van der Waals surface area contributed by atoms with Crippen molar-refractivity contribution < 1.29 is 13.2 Å². The van der Waals surface area contributed by atoms with Crippen LogP contribution in [0.2, 0.25) is 0 Å². The summed E-state index contributed by atoms with van der Waals surface area (Å²) in [5.41, 5.74) is 5.26. The summed E-state index contributed by atoms with van der Waals surface area (Å²) in [4.78, 5) is 12.3. The highest BCUT2D eigenvalue weighted by Crippen LogP contribution is 2.28. The van der Waals surface area contributed by atoms with E-state index >= 15 is 0 Å². The third kappa shape index (κ3) is 2.98. The second-order valence-electron chi connectivity index (χ2n) is 5.33. The first kappa shape index (κ1) is 15.4. The molecule has 2 N–H and O–H groups in total. The fourth-order valence-corrected chi connectivity index (χ4v) is 4.64. The van der Waals surface area contributed by atoms with E-state index in [1.807, 2.05) is 0 Å². The average Bonchev–Trinajstić information content (AvgIpc) is 2.91. The Hall–Kier alpha value is -1.54. The Labute approximate surface area is 137 Å². The van der Waals surface area contributed by atoms with Crippen molar-refractivity contribution in [2.45, 2.75) is 30.6 Å².